The zero-order valence-corrected chi connectivity index (χ0v) is 15.6. The summed E-state index contributed by atoms with van der Waals surface area (Å²) in [6.45, 7) is 5.11. The zero-order chi connectivity index (χ0) is 20.4. The standard InChI is InChI=1S/C18H19FN6O3/c1-11-8-17(22-23(11)9-14-6-4-5-7-15(14)19)20-18(26)13(3)24-10-16(25(27)28)12(2)21-24/h4-8,10,13H,9H2,1-3H3,(H,20,22,26). The van der Waals surface area contributed by atoms with Crippen molar-refractivity contribution in [2.75, 3.05) is 5.32 Å². The van der Waals surface area contributed by atoms with Gasteiger partial charge in [0.1, 0.15) is 23.7 Å². The normalized spacial score (nSPS) is 12.0. The van der Waals surface area contributed by atoms with E-state index in [9.17, 15) is 19.3 Å². The number of rotatable bonds is 6. The van der Waals surface area contributed by atoms with Crippen molar-refractivity contribution in [3.8, 4) is 0 Å². The molecular formula is C18H19FN6O3. The van der Waals surface area contributed by atoms with Gasteiger partial charge in [0, 0.05) is 17.3 Å². The van der Waals surface area contributed by atoms with Gasteiger partial charge in [0.15, 0.2) is 5.82 Å². The molecular weight excluding hydrogens is 367 g/mol. The van der Waals surface area contributed by atoms with Crippen LogP contribution < -0.4 is 5.32 Å². The molecule has 28 heavy (non-hydrogen) atoms. The Balaban J connectivity index is 1.73. The highest BCUT2D eigenvalue weighted by Crippen LogP contribution is 2.20. The van der Waals surface area contributed by atoms with Gasteiger partial charge in [0.25, 0.3) is 0 Å². The maximum Gasteiger partial charge on any atom is 0.309 e. The molecule has 0 spiro atoms. The lowest BCUT2D eigenvalue weighted by molar-refractivity contribution is -0.385. The van der Waals surface area contributed by atoms with Gasteiger partial charge in [-0.1, -0.05) is 18.2 Å². The highest BCUT2D eigenvalue weighted by atomic mass is 19.1. The average molecular weight is 386 g/mol. The summed E-state index contributed by atoms with van der Waals surface area (Å²) in [5.41, 5.74) is 1.32. The number of nitrogens with one attached hydrogen (secondary N) is 1. The smallest absolute Gasteiger partial charge is 0.307 e. The molecule has 0 aliphatic heterocycles. The molecule has 1 atom stereocenters. The number of hydrogen-bond donors (Lipinski definition) is 1. The summed E-state index contributed by atoms with van der Waals surface area (Å²) in [6.07, 6.45) is 1.22. The molecule has 1 unspecified atom stereocenters. The van der Waals surface area contributed by atoms with Gasteiger partial charge in [-0.25, -0.2) is 4.39 Å². The van der Waals surface area contributed by atoms with Crippen LogP contribution in [0, 0.1) is 29.8 Å². The van der Waals surface area contributed by atoms with Crippen molar-refractivity contribution in [2.24, 2.45) is 0 Å². The van der Waals surface area contributed by atoms with Crippen LogP contribution in [0.15, 0.2) is 36.5 Å². The second-order valence-corrected chi connectivity index (χ2v) is 6.42. The summed E-state index contributed by atoms with van der Waals surface area (Å²) in [5, 5.41) is 21.9. The van der Waals surface area contributed by atoms with Crippen LogP contribution in [0.3, 0.4) is 0 Å². The molecule has 3 aromatic rings. The van der Waals surface area contributed by atoms with Gasteiger partial charge >= 0.3 is 5.69 Å². The second-order valence-electron chi connectivity index (χ2n) is 6.42. The lowest BCUT2D eigenvalue weighted by Crippen LogP contribution is -2.24. The number of halogens is 1. The first-order valence-electron chi connectivity index (χ1n) is 8.55. The minimum absolute atomic E-state index is 0.148. The fraction of sp³-hybridized carbons (Fsp3) is 0.278. The fourth-order valence-corrected chi connectivity index (χ4v) is 2.72. The van der Waals surface area contributed by atoms with Gasteiger partial charge in [-0.3, -0.25) is 24.3 Å². The lowest BCUT2D eigenvalue weighted by atomic mass is 10.2. The first-order chi connectivity index (χ1) is 13.3. The SMILES string of the molecule is Cc1nn(C(C)C(=O)Nc2cc(C)n(Cc3ccccc3F)n2)cc1[N+](=O)[O-]. The van der Waals surface area contributed by atoms with E-state index in [4.69, 9.17) is 0 Å². The number of nitrogens with zero attached hydrogens (tertiary/aromatic N) is 5. The maximum atomic E-state index is 13.8. The van der Waals surface area contributed by atoms with E-state index >= 15 is 0 Å². The van der Waals surface area contributed by atoms with Gasteiger partial charge in [-0.2, -0.15) is 10.2 Å². The number of nitro groups is 1. The molecule has 3 rings (SSSR count). The van der Waals surface area contributed by atoms with Crippen LogP contribution in [0.2, 0.25) is 0 Å². The summed E-state index contributed by atoms with van der Waals surface area (Å²) >= 11 is 0. The maximum absolute atomic E-state index is 13.8. The van der Waals surface area contributed by atoms with Crippen LogP contribution >= 0.6 is 0 Å². The van der Waals surface area contributed by atoms with E-state index in [1.165, 1.54) is 23.9 Å². The number of benzene rings is 1. The number of carbonyl (C=O) groups excluding carboxylic acids is 1. The third-order valence-electron chi connectivity index (χ3n) is 4.37. The summed E-state index contributed by atoms with van der Waals surface area (Å²) in [4.78, 5) is 22.9. The number of aromatic nitrogens is 4. The monoisotopic (exact) mass is 386 g/mol. The van der Waals surface area contributed by atoms with Crippen LogP contribution in [0.4, 0.5) is 15.9 Å². The fourth-order valence-electron chi connectivity index (χ4n) is 2.72. The predicted molar refractivity (Wildman–Crippen MR) is 99.4 cm³/mol. The topological polar surface area (TPSA) is 108 Å². The first-order valence-corrected chi connectivity index (χ1v) is 8.55. The molecule has 0 aliphatic rings. The van der Waals surface area contributed by atoms with Gasteiger partial charge in [-0.15, -0.1) is 0 Å². The van der Waals surface area contributed by atoms with Crippen LogP contribution in [-0.2, 0) is 11.3 Å². The van der Waals surface area contributed by atoms with Crippen LogP contribution in [-0.4, -0.2) is 30.4 Å². The van der Waals surface area contributed by atoms with Crippen LogP contribution in [0.5, 0.6) is 0 Å². The Bertz CT molecular complexity index is 1040. The molecule has 0 radical (unpaired) electrons. The molecule has 2 heterocycles. The zero-order valence-electron chi connectivity index (χ0n) is 15.6. The predicted octanol–water partition coefficient (Wildman–Crippen LogP) is 2.99. The summed E-state index contributed by atoms with van der Waals surface area (Å²) < 4.78 is 16.7. The van der Waals surface area contributed by atoms with Gasteiger partial charge in [0.05, 0.1) is 11.5 Å². The van der Waals surface area contributed by atoms with E-state index < -0.39 is 16.9 Å². The number of anilines is 1. The van der Waals surface area contributed by atoms with Crippen LogP contribution in [0.1, 0.15) is 29.9 Å². The molecule has 0 bridgehead atoms. The van der Waals surface area contributed by atoms with Crippen molar-refractivity contribution in [2.45, 2.75) is 33.4 Å². The van der Waals surface area contributed by atoms with Crippen molar-refractivity contribution < 1.29 is 14.1 Å². The van der Waals surface area contributed by atoms with E-state index in [1.807, 2.05) is 0 Å². The lowest BCUT2D eigenvalue weighted by Gasteiger charge is -2.10. The Labute approximate surface area is 159 Å². The Morgan fingerprint density at radius 3 is 2.68 bits per heavy atom. The number of carbonyl (C=O) groups is 1. The number of amides is 1. The van der Waals surface area contributed by atoms with Gasteiger partial charge < -0.3 is 5.32 Å². The molecule has 0 aliphatic carbocycles. The molecule has 2 aromatic heterocycles. The van der Waals surface area contributed by atoms with E-state index in [-0.39, 0.29) is 23.7 Å². The van der Waals surface area contributed by atoms with E-state index in [0.717, 1.165) is 5.69 Å². The first kappa shape index (κ1) is 19.2. The summed E-state index contributed by atoms with van der Waals surface area (Å²) in [6, 6.07) is 7.30. The molecule has 1 aromatic carbocycles. The van der Waals surface area contributed by atoms with E-state index in [2.05, 4.69) is 15.5 Å². The largest absolute Gasteiger partial charge is 0.309 e. The molecule has 10 heteroatoms. The molecule has 0 saturated carbocycles. The molecule has 0 fully saturated rings. The minimum Gasteiger partial charge on any atom is -0.307 e. The summed E-state index contributed by atoms with van der Waals surface area (Å²) in [7, 11) is 0. The third-order valence-corrected chi connectivity index (χ3v) is 4.37. The highest BCUT2D eigenvalue weighted by Gasteiger charge is 2.23. The minimum atomic E-state index is -0.774. The Morgan fingerprint density at radius 1 is 1.32 bits per heavy atom. The van der Waals surface area contributed by atoms with Gasteiger partial charge in [0.2, 0.25) is 5.91 Å². The Morgan fingerprint density at radius 2 is 2.04 bits per heavy atom. The third kappa shape index (κ3) is 3.90. The molecule has 1 amide bonds. The highest BCUT2D eigenvalue weighted by molar-refractivity contribution is 5.92. The number of aryl methyl sites for hydroxylation is 2. The summed E-state index contributed by atoms with van der Waals surface area (Å²) in [5.74, 6) is -0.440. The molecule has 9 nitrogen and oxygen atoms in total. The van der Waals surface area contributed by atoms with E-state index in [0.29, 0.717) is 11.4 Å². The van der Waals surface area contributed by atoms with Gasteiger partial charge in [-0.05, 0) is 26.8 Å². The van der Waals surface area contributed by atoms with E-state index in [1.54, 1.807) is 42.8 Å². The van der Waals surface area contributed by atoms with Crippen molar-refractivity contribution in [1.82, 2.24) is 19.6 Å². The van der Waals surface area contributed by atoms with Crippen molar-refractivity contribution in [1.29, 1.82) is 0 Å². The average Bonchev–Trinajstić information content (AvgIpc) is 3.19. The Kier molecular flexibility index (Phi) is 5.21. The van der Waals surface area contributed by atoms with Crippen molar-refractivity contribution in [3.05, 3.63) is 69.4 Å². The quantitative estimate of drug-likeness (QED) is 0.517. The molecule has 146 valence electrons. The Hall–Kier alpha value is -3.56. The van der Waals surface area contributed by atoms with Crippen molar-refractivity contribution in [3.63, 3.8) is 0 Å². The molecule has 1 N–H and O–H groups in total. The number of hydrogen-bond acceptors (Lipinski definition) is 5. The van der Waals surface area contributed by atoms with Crippen molar-refractivity contribution >= 4 is 17.4 Å². The van der Waals surface area contributed by atoms with Crippen LogP contribution in [0.25, 0.3) is 0 Å². The molecule has 0 saturated heterocycles. The second kappa shape index (κ2) is 7.59.